The van der Waals surface area contributed by atoms with Gasteiger partial charge in [0, 0.05) is 31.3 Å². The summed E-state index contributed by atoms with van der Waals surface area (Å²) < 4.78 is 0. The quantitative estimate of drug-likeness (QED) is 0.861. The van der Waals surface area contributed by atoms with Crippen molar-refractivity contribution in [1.82, 2.24) is 0 Å². The van der Waals surface area contributed by atoms with Crippen molar-refractivity contribution in [2.24, 2.45) is 5.92 Å². The van der Waals surface area contributed by atoms with Crippen LogP contribution in [0.4, 0.5) is 5.69 Å². The zero-order valence-electron chi connectivity index (χ0n) is 10.5. The molecule has 1 aromatic carbocycles. The van der Waals surface area contributed by atoms with E-state index in [4.69, 9.17) is 0 Å². The second-order valence-corrected chi connectivity index (χ2v) is 5.57. The molecule has 1 aliphatic carbocycles. The van der Waals surface area contributed by atoms with Gasteiger partial charge in [0.25, 0.3) is 0 Å². The monoisotopic (exact) mass is 231 g/mol. The van der Waals surface area contributed by atoms with Crippen LogP contribution in [0.5, 0.6) is 0 Å². The van der Waals surface area contributed by atoms with E-state index in [1.807, 2.05) is 0 Å². The zero-order chi connectivity index (χ0) is 11.8. The maximum absolute atomic E-state index is 9.33. The lowest BCUT2D eigenvalue weighted by molar-refractivity contribution is 0.272. The molecule has 0 saturated heterocycles. The number of rotatable bonds is 4. The molecule has 2 heteroatoms. The van der Waals surface area contributed by atoms with Crippen molar-refractivity contribution in [2.75, 3.05) is 24.6 Å². The molecule has 1 fully saturated rings. The highest BCUT2D eigenvalue weighted by Gasteiger charge is 2.29. The molecule has 0 radical (unpaired) electrons. The number of aliphatic hydroxyl groups excluding tert-OH is 1. The Kier molecular flexibility index (Phi) is 2.83. The number of hydrogen-bond donors (Lipinski definition) is 1. The number of benzene rings is 1. The van der Waals surface area contributed by atoms with Crippen molar-refractivity contribution in [2.45, 2.75) is 32.1 Å². The first-order valence-electron chi connectivity index (χ1n) is 6.77. The second-order valence-electron chi connectivity index (χ2n) is 5.57. The molecule has 1 aliphatic heterocycles. The van der Waals surface area contributed by atoms with Crippen LogP contribution in [-0.4, -0.2) is 24.8 Å². The van der Waals surface area contributed by atoms with E-state index in [0.717, 1.165) is 12.3 Å². The number of nitrogens with zero attached hydrogens (tertiary/aromatic N) is 1. The summed E-state index contributed by atoms with van der Waals surface area (Å²) in [7, 11) is 0. The van der Waals surface area contributed by atoms with Crippen molar-refractivity contribution in [3.8, 4) is 0 Å². The normalized spacial score (nSPS) is 20.5. The third-order valence-corrected chi connectivity index (χ3v) is 4.14. The van der Waals surface area contributed by atoms with Gasteiger partial charge in [-0.2, -0.15) is 0 Å². The van der Waals surface area contributed by atoms with E-state index in [0.29, 0.717) is 0 Å². The van der Waals surface area contributed by atoms with E-state index in [1.165, 1.54) is 42.7 Å². The molecule has 0 aromatic heterocycles. The minimum absolute atomic E-state index is 0.249. The standard InChI is InChI=1S/C15H21NO/c1-11(10-17)13-3-2-4-15-14(13)7-8-16(15)9-12-5-6-12/h2-4,11-12,17H,5-10H2,1H3. The minimum Gasteiger partial charge on any atom is -0.396 e. The molecule has 1 N–H and O–H groups in total. The predicted octanol–water partition coefficient (Wildman–Crippen LogP) is 2.55. The Hall–Kier alpha value is -1.02. The highest BCUT2D eigenvalue weighted by atomic mass is 16.3. The van der Waals surface area contributed by atoms with Crippen molar-refractivity contribution in [3.05, 3.63) is 29.3 Å². The Morgan fingerprint density at radius 3 is 2.94 bits per heavy atom. The van der Waals surface area contributed by atoms with Gasteiger partial charge in [0.15, 0.2) is 0 Å². The third-order valence-electron chi connectivity index (χ3n) is 4.14. The molecule has 1 aromatic rings. The minimum atomic E-state index is 0.249. The number of aliphatic hydroxyl groups is 1. The summed E-state index contributed by atoms with van der Waals surface area (Å²) in [4.78, 5) is 2.54. The van der Waals surface area contributed by atoms with E-state index in [9.17, 15) is 5.11 Å². The zero-order valence-corrected chi connectivity index (χ0v) is 10.5. The molecule has 1 heterocycles. The number of fused-ring (bicyclic) bond motifs is 1. The summed E-state index contributed by atoms with van der Waals surface area (Å²) >= 11 is 0. The van der Waals surface area contributed by atoms with Crippen LogP contribution >= 0.6 is 0 Å². The van der Waals surface area contributed by atoms with Crippen molar-refractivity contribution < 1.29 is 5.11 Å². The topological polar surface area (TPSA) is 23.5 Å². The average molecular weight is 231 g/mol. The molecular formula is C15H21NO. The third kappa shape index (κ3) is 2.06. The molecule has 92 valence electrons. The van der Waals surface area contributed by atoms with Gasteiger partial charge in [-0.15, -0.1) is 0 Å². The van der Waals surface area contributed by atoms with Gasteiger partial charge in [-0.3, -0.25) is 0 Å². The van der Waals surface area contributed by atoms with Crippen LogP contribution < -0.4 is 4.90 Å². The van der Waals surface area contributed by atoms with Gasteiger partial charge in [-0.25, -0.2) is 0 Å². The van der Waals surface area contributed by atoms with Crippen LogP contribution in [0.1, 0.15) is 36.8 Å². The fraction of sp³-hybridized carbons (Fsp3) is 0.600. The average Bonchev–Trinajstić information content (AvgIpc) is 3.08. The number of anilines is 1. The molecular weight excluding hydrogens is 210 g/mol. The molecule has 2 nitrogen and oxygen atoms in total. The molecule has 1 saturated carbocycles. The lowest BCUT2D eigenvalue weighted by Crippen LogP contribution is -2.22. The van der Waals surface area contributed by atoms with Crippen molar-refractivity contribution in [3.63, 3.8) is 0 Å². The molecule has 0 bridgehead atoms. The van der Waals surface area contributed by atoms with Crippen LogP contribution in [0.2, 0.25) is 0 Å². The van der Waals surface area contributed by atoms with Gasteiger partial charge in [0.1, 0.15) is 0 Å². The first kappa shape index (κ1) is 11.1. The summed E-state index contributed by atoms with van der Waals surface area (Å²) in [6, 6.07) is 6.57. The molecule has 17 heavy (non-hydrogen) atoms. The van der Waals surface area contributed by atoms with Gasteiger partial charge in [0.2, 0.25) is 0 Å². The van der Waals surface area contributed by atoms with Gasteiger partial charge in [0.05, 0.1) is 0 Å². The van der Waals surface area contributed by atoms with Crippen molar-refractivity contribution >= 4 is 5.69 Å². The summed E-state index contributed by atoms with van der Waals surface area (Å²) in [6.45, 7) is 4.77. The largest absolute Gasteiger partial charge is 0.396 e. The fourth-order valence-electron chi connectivity index (χ4n) is 2.89. The second kappa shape index (κ2) is 4.34. The summed E-state index contributed by atoms with van der Waals surface area (Å²) in [5, 5.41) is 9.33. The maximum Gasteiger partial charge on any atom is 0.0497 e. The number of hydrogen-bond acceptors (Lipinski definition) is 2. The van der Waals surface area contributed by atoms with Gasteiger partial charge in [-0.05, 0) is 42.4 Å². The van der Waals surface area contributed by atoms with Gasteiger partial charge >= 0.3 is 0 Å². The van der Waals surface area contributed by atoms with Crippen LogP contribution in [0.3, 0.4) is 0 Å². The molecule has 2 aliphatic rings. The smallest absolute Gasteiger partial charge is 0.0497 e. The molecule has 1 atom stereocenters. The van der Waals surface area contributed by atoms with E-state index in [-0.39, 0.29) is 12.5 Å². The summed E-state index contributed by atoms with van der Waals surface area (Å²) in [6.07, 6.45) is 3.99. The highest BCUT2D eigenvalue weighted by molar-refractivity contribution is 5.61. The van der Waals surface area contributed by atoms with Gasteiger partial charge < -0.3 is 10.0 Å². The van der Waals surface area contributed by atoms with Crippen LogP contribution in [0.25, 0.3) is 0 Å². The highest BCUT2D eigenvalue weighted by Crippen LogP contribution is 2.37. The lowest BCUT2D eigenvalue weighted by atomic mass is 9.95. The predicted molar refractivity (Wildman–Crippen MR) is 70.6 cm³/mol. The Morgan fingerprint density at radius 1 is 1.41 bits per heavy atom. The lowest BCUT2D eigenvalue weighted by Gasteiger charge is -2.20. The van der Waals surface area contributed by atoms with Crippen molar-refractivity contribution in [1.29, 1.82) is 0 Å². The van der Waals surface area contributed by atoms with Crippen LogP contribution in [0, 0.1) is 5.92 Å². The van der Waals surface area contributed by atoms with E-state index in [1.54, 1.807) is 0 Å². The maximum atomic E-state index is 9.33. The van der Waals surface area contributed by atoms with Crippen LogP contribution in [0.15, 0.2) is 18.2 Å². The van der Waals surface area contributed by atoms with Crippen LogP contribution in [-0.2, 0) is 6.42 Å². The fourth-order valence-corrected chi connectivity index (χ4v) is 2.89. The van der Waals surface area contributed by atoms with E-state index < -0.39 is 0 Å². The Labute approximate surface area is 103 Å². The Balaban J connectivity index is 1.88. The summed E-state index contributed by atoms with van der Waals surface area (Å²) in [5.41, 5.74) is 4.26. The van der Waals surface area contributed by atoms with E-state index in [2.05, 4.69) is 30.0 Å². The van der Waals surface area contributed by atoms with Gasteiger partial charge in [-0.1, -0.05) is 19.1 Å². The molecule has 0 amide bonds. The first-order valence-corrected chi connectivity index (χ1v) is 6.77. The van der Waals surface area contributed by atoms with E-state index >= 15 is 0 Å². The Bertz CT molecular complexity index is 411. The Morgan fingerprint density at radius 2 is 2.24 bits per heavy atom. The first-order chi connectivity index (χ1) is 8.29. The molecule has 1 unspecified atom stereocenters. The summed E-state index contributed by atoms with van der Waals surface area (Å²) in [5.74, 6) is 1.21. The molecule has 0 spiro atoms. The molecule has 3 rings (SSSR count). The SMILES string of the molecule is CC(CO)c1cccc2c1CCN2CC1CC1.